The second-order valence-electron chi connectivity index (χ2n) is 7.09. The van der Waals surface area contributed by atoms with Gasteiger partial charge in [-0.25, -0.2) is 0 Å². The van der Waals surface area contributed by atoms with E-state index in [1.807, 2.05) is 12.1 Å². The predicted molar refractivity (Wildman–Crippen MR) is 129 cm³/mol. The van der Waals surface area contributed by atoms with Gasteiger partial charge in [0, 0.05) is 0 Å². The van der Waals surface area contributed by atoms with Crippen molar-refractivity contribution in [2.24, 2.45) is 0 Å². The van der Waals surface area contributed by atoms with E-state index in [9.17, 15) is 0 Å². The summed E-state index contributed by atoms with van der Waals surface area (Å²) in [4.78, 5) is 0. The van der Waals surface area contributed by atoms with Crippen molar-refractivity contribution < 1.29 is 0 Å². The molecule has 28 heavy (non-hydrogen) atoms. The first-order valence-corrected chi connectivity index (χ1v) is 13.8. The molecule has 0 fully saturated rings. The van der Waals surface area contributed by atoms with Crippen molar-refractivity contribution in [1.82, 2.24) is 0 Å². The number of nitrogens with two attached hydrogens (primary N) is 1. The SMILES string of the molecule is Nc1ccc(CP(Br)(c2ccccc2)(c2ccccc2)c2ccccc2)cc1. The Balaban J connectivity index is 2.07. The van der Waals surface area contributed by atoms with Crippen molar-refractivity contribution in [3.05, 3.63) is 121 Å². The summed E-state index contributed by atoms with van der Waals surface area (Å²) >= 11 is 4.47. The van der Waals surface area contributed by atoms with Crippen LogP contribution in [0.25, 0.3) is 0 Å². The molecule has 4 rings (SSSR count). The van der Waals surface area contributed by atoms with E-state index in [-0.39, 0.29) is 0 Å². The maximum absolute atomic E-state index is 5.96. The van der Waals surface area contributed by atoms with E-state index >= 15 is 0 Å². The minimum atomic E-state index is -2.93. The van der Waals surface area contributed by atoms with E-state index in [1.54, 1.807) is 0 Å². The van der Waals surface area contributed by atoms with Crippen LogP contribution in [0.5, 0.6) is 0 Å². The molecule has 0 spiro atoms. The van der Waals surface area contributed by atoms with E-state index in [0.29, 0.717) is 0 Å². The standard InChI is InChI=1S/C25H23BrNP/c26-28(23-10-4-1-5-11-23,24-12-6-2-7-13-24,25-14-8-3-9-15-25)20-21-16-18-22(27)19-17-21/h1-19H,20,27H2. The Morgan fingerprint density at radius 1 is 0.536 bits per heavy atom. The number of benzene rings is 4. The Morgan fingerprint density at radius 2 is 0.893 bits per heavy atom. The summed E-state index contributed by atoms with van der Waals surface area (Å²) in [5.74, 6) is 0. The molecule has 0 aliphatic rings. The molecule has 4 aromatic carbocycles. The van der Waals surface area contributed by atoms with E-state index in [2.05, 4.69) is 119 Å². The Kier molecular flexibility index (Phi) is 5.10. The van der Waals surface area contributed by atoms with Crippen molar-refractivity contribution >= 4 is 42.4 Å². The Bertz CT molecular complexity index is 949. The Labute approximate surface area is 174 Å². The van der Waals surface area contributed by atoms with Crippen LogP contribution in [0.1, 0.15) is 5.56 Å². The summed E-state index contributed by atoms with van der Waals surface area (Å²) in [6, 6.07) is 40.8. The van der Waals surface area contributed by atoms with Crippen molar-refractivity contribution in [2.45, 2.75) is 6.16 Å². The molecule has 0 saturated heterocycles. The third kappa shape index (κ3) is 3.17. The average molecular weight is 448 g/mol. The fourth-order valence-electron chi connectivity index (χ4n) is 3.90. The number of halogens is 1. The molecule has 0 saturated carbocycles. The summed E-state index contributed by atoms with van der Waals surface area (Å²) in [5, 5.41) is 1.04. The van der Waals surface area contributed by atoms with Gasteiger partial charge in [0.1, 0.15) is 0 Å². The topological polar surface area (TPSA) is 26.0 Å². The van der Waals surface area contributed by atoms with Crippen LogP contribution < -0.4 is 21.6 Å². The number of hydrogen-bond donors (Lipinski definition) is 1. The van der Waals surface area contributed by atoms with Crippen LogP contribution >= 0.6 is 20.8 Å². The van der Waals surface area contributed by atoms with Crippen molar-refractivity contribution in [3.8, 4) is 0 Å². The van der Waals surface area contributed by atoms with Gasteiger partial charge in [0.25, 0.3) is 0 Å². The van der Waals surface area contributed by atoms with Crippen LogP contribution in [0.2, 0.25) is 0 Å². The van der Waals surface area contributed by atoms with Gasteiger partial charge < -0.3 is 0 Å². The molecule has 3 heteroatoms. The van der Waals surface area contributed by atoms with Gasteiger partial charge >= 0.3 is 175 Å². The first kappa shape index (κ1) is 18.9. The molecule has 0 radical (unpaired) electrons. The Morgan fingerprint density at radius 3 is 1.25 bits per heavy atom. The molecule has 0 aliphatic carbocycles. The summed E-state index contributed by atoms with van der Waals surface area (Å²) in [7, 11) is 0. The van der Waals surface area contributed by atoms with E-state index < -0.39 is 5.31 Å². The predicted octanol–water partition coefficient (Wildman–Crippen LogP) is 5.61. The van der Waals surface area contributed by atoms with Crippen LogP contribution in [-0.4, -0.2) is 0 Å². The van der Waals surface area contributed by atoms with Gasteiger partial charge in [-0.15, -0.1) is 0 Å². The quantitative estimate of drug-likeness (QED) is 0.312. The molecular formula is C25H23BrNP. The molecule has 0 amide bonds. The maximum atomic E-state index is 5.96. The van der Waals surface area contributed by atoms with Crippen molar-refractivity contribution in [2.75, 3.05) is 5.73 Å². The monoisotopic (exact) mass is 447 g/mol. The first-order valence-electron chi connectivity index (χ1n) is 9.35. The molecule has 0 heterocycles. The van der Waals surface area contributed by atoms with E-state index in [0.717, 1.165) is 11.8 Å². The summed E-state index contributed by atoms with van der Waals surface area (Å²) in [6.07, 6.45) is 0.879. The second-order valence-corrected chi connectivity index (χ2v) is 16.0. The number of nitrogen functional groups attached to an aromatic ring is 1. The van der Waals surface area contributed by atoms with Gasteiger partial charge in [-0.3, -0.25) is 0 Å². The van der Waals surface area contributed by atoms with Gasteiger partial charge in [0.15, 0.2) is 0 Å². The van der Waals surface area contributed by atoms with Crippen LogP contribution in [0.3, 0.4) is 0 Å². The zero-order valence-electron chi connectivity index (χ0n) is 15.6. The van der Waals surface area contributed by atoms with Gasteiger partial charge in [0.05, 0.1) is 0 Å². The first-order chi connectivity index (χ1) is 13.6. The van der Waals surface area contributed by atoms with Crippen molar-refractivity contribution in [3.63, 3.8) is 0 Å². The Hall–Kier alpha value is -2.41. The molecule has 2 N–H and O–H groups in total. The summed E-state index contributed by atoms with van der Waals surface area (Å²) in [5.41, 5.74) is 8.01. The van der Waals surface area contributed by atoms with Gasteiger partial charge in [-0.05, 0) is 0 Å². The summed E-state index contributed by atoms with van der Waals surface area (Å²) < 4.78 is 0. The third-order valence-electron chi connectivity index (χ3n) is 5.34. The molecular weight excluding hydrogens is 425 g/mol. The van der Waals surface area contributed by atoms with Gasteiger partial charge in [0.2, 0.25) is 0 Å². The van der Waals surface area contributed by atoms with E-state index in [1.165, 1.54) is 21.5 Å². The average Bonchev–Trinajstić information content (AvgIpc) is 2.77. The fraction of sp³-hybridized carbons (Fsp3) is 0.0400. The second kappa shape index (κ2) is 7.54. The summed E-state index contributed by atoms with van der Waals surface area (Å²) in [6.45, 7) is 0. The van der Waals surface area contributed by atoms with Crippen molar-refractivity contribution in [1.29, 1.82) is 0 Å². The van der Waals surface area contributed by atoms with Crippen LogP contribution in [0.4, 0.5) is 5.69 Å². The molecule has 0 unspecified atom stereocenters. The van der Waals surface area contributed by atoms with Crippen LogP contribution in [0.15, 0.2) is 115 Å². The fourth-order valence-corrected chi connectivity index (χ4v) is 11.6. The van der Waals surface area contributed by atoms with E-state index in [4.69, 9.17) is 5.73 Å². The molecule has 4 aromatic rings. The zero-order chi connectivity index (χ0) is 19.5. The molecule has 0 aliphatic heterocycles. The normalized spacial score (nSPS) is 12.8. The van der Waals surface area contributed by atoms with Crippen LogP contribution in [0, 0.1) is 0 Å². The third-order valence-corrected chi connectivity index (χ3v) is 14.9. The molecule has 140 valence electrons. The molecule has 1 nitrogen and oxygen atoms in total. The number of anilines is 1. The molecule has 0 atom stereocenters. The van der Waals surface area contributed by atoms with Gasteiger partial charge in [-0.2, -0.15) is 0 Å². The molecule has 0 aromatic heterocycles. The number of hydrogen-bond acceptors (Lipinski definition) is 1. The molecule has 0 bridgehead atoms. The van der Waals surface area contributed by atoms with Gasteiger partial charge in [-0.1, -0.05) is 0 Å². The number of rotatable bonds is 5. The van der Waals surface area contributed by atoms with Crippen LogP contribution in [-0.2, 0) is 6.16 Å². The zero-order valence-corrected chi connectivity index (χ0v) is 18.1. The minimum absolute atomic E-state index is 0.790.